The SMILES string of the molecule is CNC1(C#N)CCC(Sc2n[nH]c(=O)n2C2CC2)C1. The van der Waals surface area contributed by atoms with Gasteiger partial charge in [0.1, 0.15) is 5.54 Å². The van der Waals surface area contributed by atoms with Crippen molar-refractivity contribution in [2.75, 3.05) is 7.05 Å². The van der Waals surface area contributed by atoms with Crippen LogP contribution in [-0.4, -0.2) is 32.6 Å². The molecule has 0 aromatic carbocycles. The molecule has 2 aliphatic carbocycles. The lowest BCUT2D eigenvalue weighted by atomic mass is 10.0. The number of aromatic nitrogens is 3. The van der Waals surface area contributed by atoms with Crippen LogP contribution in [0.25, 0.3) is 0 Å². The van der Waals surface area contributed by atoms with E-state index in [0.29, 0.717) is 11.3 Å². The molecule has 1 aromatic heterocycles. The van der Waals surface area contributed by atoms with E-state index in [2.05, 4.69) is 21.6 Å². The van der Waals surface area contributed by atoms with Crippen molar-refractivity contribution in [3.63, 3.8) is 0 Å². The molecule has 2 atom stereocenters. The summed E-state index contributed by atoms with van der Waals surface area (Å²) in [6.07, 6.45) is 4.77. The van der Waals surface area contributed by atoms with Crippen molar-refractivity contribution in [3.05, 3.63) is 10.5 Å². The predicted octanol–water partition coefficient (Wildman–Crippen LogP) is 1.03. The molecule has 0 bridgehead atoms. The van der Waals surface area contributed by atoms with Gasteiger partial charge in [-0.1, -0.05) is 11.8 Å². The topological polar surface area (TPSA) is 86.5 Å². The number of rotatable bonds is 4. The molecule has 1 heterocycles. The zero-order valence-corrected chi connectivity index (χ0v) is 11.7. The highest BCUT2D eigenvalue weighted by Gasteiger charge is 2.39. The smallest absolute Gasteiger partial charge is 0.302 e. The van der Waals surface area contributed by atoms with Crippen molar-refractivity contribution >= 4 is 11.8 Å². The van der Waals surface area contributed by atoms with E-state index in [4.69, 9.17) is 0 Å². The lowest BCUT2D eigenvalue weighted by Gasteiger charge is -2.19. The number of hydrogen-bond acceptors (Lipinski definition) is 5. The number of nitriles is 1. The number of H-pyrrole nitrogens is 1. The van der Waals surface area contributed by atoms with Gasteiger partial charge >= 0.3 is 5.69 Å². The van der Waals surface area contributed by atoms with E-state index in [1.54, 1.807) is 16.3 Å². The summed E-state index contributed by atoms with van der Waals surface area (Å²) >= 11 is 1.63. The van der Waals surface area contributed by atoms with Gasteiger partial charge in [-0.3, -0.25) is 4.57 Å². The Balaban J connectivity index is 1.74. The van der Waals surface area contributed by atoms with E-state index in [1.807, 2.05) is 7.05 Å². The Labute approximate surface area is 115 Å². The second-order valence-electron chi connectivity index (χ2n) is 5.34. The minimum absolute atomic E-state index is 0.108. The minimum atomic E-state index is -0.404. The van der Waals surface area contributed by atoms with E-state index < -0.39 is 5.54 Å². The Morgan fingerprint density at radius 2 is 2.37 bits per heavy atom. The van der Waals surface area contributed by atoms with Crippen molar-refractivity contribution in [2.24, 2.45) is 0 Å². The lowest BCUT2D eigenvalue weighted by Crippen LogP contribution is -2.38. The van der Waals surface area contributed by atoms with E-state index >= 15 is 0 Å². The van der Waals surface area contributed by atoms with Crippen LogP contribution in [0.4, 0.5) is 0 Å². The molecule has 0 saturated heterocycles. The number of hydrogen-bond donors (Lipinski definition) is 2. The molecular formula is C12H17N5OS. The highest BCUT2D eigenvalue weighted by atomic mass is 32.2. The van der Waals surface area contributed by atoms with Crippen molar-refractivity contribution < 1.29 is 0 Å². The standard InChI is InChI=1S/C12H17N5OS/c1-14-12(7-13)5-4-9(6-12)19-11-16-15-10(18)17(11)8-2-3-8/h8-9,14H,2-6H2,1H3,(H,15,18). The summed E-state index contributed by atoms with van der Waals surface area (Å²) in [7, 11) is 1.84. The highest BCUT2D eigenvalue weighted by Crippen LogP contribution is 2.41. The van der Waals surface area contributed by atoms with Crippen LogP contribution in [0.5, 0.6) is 0 Å². The van der Waals surface area contributed by atoms with Crippen LogP contribution < -0.4 is 11.0 Å². The zero-order valence-electron chi connectivity index (χ0n) is 10.8. The maximum absolute atomic E-state index is 11.7. The Morgan fingerprint density at radius 3 is 2.95 bits per heavy atom. The number of thioether (sulfide) groups is 1. The van der Waals surface area contributed by atoms with E-state index in [0.717, 1.165) is 37.3 Å². The first-order chi connectivity index (χ1) is 9.17. The Morgan fingerprint density at radius 1 is 1.58 bits per heavy atom. The summed E-state index contributed by atoms with van der Waals surface area (Å²) in [6, 6.07) is 2.71. The maximum Gasteiger partial charge on any atom is 0.344 e. The fraction of sp³-hybridized carbons (Fsp3) is 0.750. The summed E-state index contributed by atoms with van der Waals surface area (Å²) in [4.78, 5) is 11.7. The van der Waals surface area contributed by atoms with Gasteiger partial charge in [0.05, 0.1) is 6.07 Å². The number of nitrogens with one attached hydrogen (secondary N) is 2. The molecule has 1 aromatic rings. The summed E-state index contributed by atoms with van der Waals surface area (Å²) in [5.41, 5.74) is -0.512. The number of nitrogens with zero attached hydrogens (tertiary/aromatic N) is 3. The summed E-state index contributed by atoms with van der Waals surface area (Å²) in [5.74, 6) is 0. The normalized spacial score (nSPS) is 30.4. The van der Waals surface area contributed by atoms with Crippen molar-refractivity contribution in [2.45, 2.75) is 54.1 Å². The van der Waals surface area contributed by atoms with Crippen LogP contribution in [0.3, 0.4) is 0 Å². The third-order valence-corrected chi connectivity index (χ3v) is 5.25. The quantitative estimate of drug-likeness (QED) is 0.859. The molecule has 0 spiro atoms. The minimum Gasteiger partial charge on any atom is -0.302 e. The Bertz CT molecular complexity index is 569. The molecule has 2 N–H and O–H groups in total. The van der Waals surface area contributed by atoms with E-state index in [1.165, 1.54) is 0 Å². The van der Waals surface area contributed by atoms with Gasteiger partial charge in [-0.05, 0) is 39.2 Å². The van der Waals surface area contributed by atoms with Gasteiger partial charge in [-0.2, -0.15) is 5.26 Å². The van der Waals surface area contributed by atoms with Gasteiger partial charge in [0.2, 0.25) is 0 Å². The molecule has 0 amide bonds. The molecular weight excluding hydrogens is 262 g/mol. The van der Waals surface area contributed by atoms with Crippen LogP contribution in [0.1, 0.15) is 38.1 Å². The van der Waals surface area contributed by atoms with Crippen LogP contribution in [-0.2, 0) is 0 Å². The molecule has 2 fully saturated rings. The van der Waals surface area contributed by atoms with Crippen molar-refractivity contribution in [3.8, 4) is 6.07 Å². The average molecular weight is 279 g/mol. The van der Waals surface area contributed by atoms with Crippen LogP contribution in [0.15, 0.2) is 9.95 Å². The Kier molecular flexibility index (Phi) is 3.15. The molecule has 0 aliphatic heterocycles. The molecule has 7 heteroatoms. The van der Waals surface area contributed by atoms with E-state index in [-0.39, 0.29) is 5.69 Å². The fourth-order valence-electron chi connectivity index (χ4n) is 2.66. The van der Waals surface area contributed by atoms with Gasteiger partial charge in [0.25, 0.3) is 0 Å². The number of aromatic amines is 1. The van der Waals surface area contributed by atoms with Crippen molar-refractivity contribution in [1.82, 2.24) is 20.1 Å². The van der Waals surface area contributed by atoms with Crippen LogP contribution >= 0.6 is 11.8 Å². The van der Waals surface area contributed by atoms with Gasteiger partial charge < -0.3 is 5.32 Å². The molecule has 2 unspecified atom stereocenters. The lowest BCUT2D eigenvalue weighted by molar-refractivity contribution is 0.464. The molecule has 19 heavy (non-hydrogen) atoms. The summed E-state index contributed by atoms with van der Waals surface area (Å²) in [5, 5.41) is 20.2. The third-order valence-electron chi connectivity index (χ3n) is 4.02. The van der Waals surface area contributed by atoms with Gasteiger partial charge in [-0.25, -0.2) is 9.89 Å². The second-order valence-corrected chi connectivity index (χ2v) is 6.61. The fourth-order valence-corrected chi connectivity index (χ4v) is 4.01. The predicted molar refractivity (Wildman–Crippen MR) is 72.0 cm³/mol. The van der Waals surface area contributed by atoms with Crippen LogP contribution in [0.2, 0.25) is 0 Å². The zero-order chi connectivity index (χ0) is 13.5. The van der Waals surface area contributed by atoms with E-state index in [9.17, 15) is 10.1 Å². The largest absolute Gasteiger partial charge is 0.344 e. The first kappa shape index (κ1) is 12.8. The van der Waals surface area contributed by atoms with Crippen LogP contribution in [0, 0.1) is 11.3 Å². The third kappa shape index (κ3) is 2.30. The van der Waals surface area contributed by atoms with Crippen molar-refractivity contribution in [1.29, 1.82) is 5.26 Å². The second kappa shape index (κ2) is 4.69. The monoisotopic (exact) mass is 279 g/mol. The molecule has 0 radical (unpaired) electrons. The molecule has 2 aliphatic rings. The molecule has 3 rings (SSSR count). The summed E-state index contributed by atoms with van der Waals surface area (Å²) in [6.45, 7) is 0. The van der Waals surface area contributed by atoms with Gasteiger partial charge in [0.15, 0.2) is 5.16 Å². The molecule has 2 saturated carbocycles. The summed E-state index contributed by atoms with van der Waals surface area (Å²) < 4.78 is 1.77. The maximum atomic E-state index is 11.7. The average Bonchev–Trinajstić information content (AvgIpc) is 3.07. The highest BCUT2D eigenvalue weighted by molar-refractivity contribution is 7.99. The molecule has 102 valence electrons. The molecule has 6 nitrogen and oxygen atoms in total. The Hall–Kier alpha value is -1.26. The first-order valence-electron chi connectivity index (χ1n) is 6.61. The van der Waals surface area contributed by atoms with Gasteiger partial charge in [-0.15, -0.1) is 5.10 Å². The van der Waals surface area contributed by atoms with Gasteiger partial charge in [0, 0.05) is 11.3 Å². The first-order valence-corrected chi connectivity index (χ1v) is 7.49.